The van der Waals surface area contributed by atoms with E-state index in [9.17, 15) is 4.79 Å². The molecule has 0 aliphatic heterocycles. The Bertz CT molecular complexity index is 303. The van der Waals surface area contributed by atoms with Gasteiger partial charge in [0.25, 0.3) is 5.91 Å². The highest BCUT2D eigenvalue weighted by Crippen LogP contribution is 2.22. The molecular formula is C9H11BrINOS. The minimum absolute atomic E-state index is 0.0281. The summed E-state index contributed by atoms with van der Waals surface area (Å²) in [6, 6.07) is 1.89. The molecule has 0 aliphatic carbocycles. The van der Waals surface area contributed by atoms with Crippen LogP contribution in [0.5, 0.6) is 0 Å². The van der Waals surface area contributed by atoms with E-state index in [0.29, 0.717) is 0 Å². The third kappa shape index (κ3) is 3.86. The van der Waals surface area contributed by atoms with Crippen LogP contribution < -0.4 is 5.32 Å². The second-order valence-corrected chi connectivity index (χ2v) is 5.60. The lowest BCUT2D eigenvalue weighted by molar-refractivity contribution is 0.0956. The van der Waals surface area contributed by atoms with Crippen LogP contribution in [-0.4, -0.2) is 16.9 Å². The molecule has 0 bridgehead atoms. The smallest absolute Gasteiger partial charge is 0.262 e. The molecule has 0 aromatic carbocycles. The lowest BCUT2D eigenvalue weighted by atomic mass is 10.3. The molecule has 1 aromatic heterocycles. The molecule has 1 N–H and O–H groups in total. The number of carbonyl (C=O) groups excluding carboxylic acids is 1. The monoisotopic (exact) mass is 387 g/mol. The van der Waals surface area contributed by atoms with E-state index in [-0.39, 0.29) is 5.91 Å². The van der Waals surface area contributed by atoms with E-state index in [1.807, 2.05) is 11.4 Å². The van der Waals surface area contributed by atoms with Crippen LogP contribution in [0.3, 0.4) is 0 Å². The molecule has 14 heavy (non-hydrogen) atoms. The number of amides is 1. The third-order valence-corrected chi connectivity index (χ3v) is 4.27. The predicted molar refractivity (Wildman–Crippen MR) is 72.5 cm³/mol. The zero-order valence-electron chi connectivity index (χ0n) is 7.56. The Morgan fingerprint density at radius 1 is 1.57 bits per heavy atom. The maximum Gasteiger partial charge on any atom is 0.262 e. The first-order valence-corrected chi connectivity index (χ1v) is 7.52. The maximum absolute atomic E-state index is 11.6. The highest BCUT2D eigenvalue weighted by Gasteiger charge is 2.09. The van der Waals surface area contributed by atoms with Gasteiger partial charge in [0, 0.05) is 11.0 Å². The quantitative estimate of drug-likeness (QED) is 0.468. The topological polar surface area (TPSA) is 29.1 Å². The molecular weight excluding hydrogens is 377 g/mol. The maximum atomic E-state index is 11.6. The summed E-state index contributed by atoms with van der Waals surface area (Å²) in [5, 5.41) is 4.81. The van der Waals surface area contributed by atoms with Crippen LogP contribution in [0, 0.1) is 0 Å². The van der Waals surface area contributed by atoms with Gasteiger partial charge in [-0.15, -0.1) is 11.3 Å². The van der Waals surface area contributed by atoms with Crippen LogP contribution in [0.1, 0.15) is 22.5 Å². The summed E-state index contributed by atoms with van der Waals surface area (Å²) in [7, 11) is 0. The molecule has 0 radical (unpaired) electrons. The summed E-state index contributed by atoms with van der Waals surface area (Å²) in [6.45, 7) is 0.770. The van der Waals surface area contributed by atoms with Crippen molar-refractivity contribution < 1.29 is 4.79 Å². The normalized spacial score (nSPS) is 10.1. The van der Waals surface area contributed by atoms with Gasteiger partial charge in [-0.05, 0) is 44.6 Å². The Labute approximate surface area is 110 Å². The molecule has 0 fully saturated rings. The van der Waals surface area contributed by atoms with E-state index < -0.39 is 0 Å². The molecule has 0 unspecified atom stereocenters. The van der Waals surface area contributed by atoms with Crippen molar-refractivity contribution in [2.24, 2.45) is 0 Å². The molecule has 0 aliphatic rings. The van der Waals surface area contributed by atoms with Gasteiger partial charge in [-0.2, -0.15) is 0 Å². The van der Waals surface area contributed by atoms with Crippen molar-refractivity contribution in [1.82, 2.24) is 5.32 Å². The zero-order chi connectivity index (χ0) is 10.4. The van der Waals surface area contributed by atoms with Crippen LogP contribution in [-0.2, 0) is 0 Å². The molecule has 0 atom stereocenters. The van der Waals surface area contributed by atoms with Gasteiger partial charge in [0.2, 0.25) is 0 Å². The largest absolute Gasteiger partial charge is 0.351 e. The van der Waals surface area contributed by atoms with Crippen molar-refractivity contribution in [1.29, 1.82) is 0 Å². The average molecular weight is 388 g/mol. The van der Waals surface area contributed by atoms with E-state index in [4.69, 9.17) is 0 Å². The Balaban J connectivity index is 2.32. The van der Waals surface area contributed by atoms with Gasteiger partial charge in [-0.25, -0.2) is 0 Å². The van der Waals surface area contributed by atoms with E-state index in [1.54, 1.807) is 0 Å². The summed E-state index contributed by atoms with van der Waals surface area (Å²) in [4.78, 5) is 12.3. The Hall–Kier alpha value is 0.380. The molecule has 1 amide bonds. The molecule has 1 aromatic rings. The number of hydrogen-bond acceptors (Lipinski definition) is 2. The second-order valence-electron chi connectivity index (χ2n) is 2.75. The second kappa shape index (κ2) is 6.79. The SMILES string of the molecule is O=C(NCCCCI)c1sccc1Br. The summed E-state index contributed by atoms with van der Waals surface area (Å²) >= 11 is 7.14. The fourth-order valence-corrected chi connectivity index (χ4v) is 2.96. The predicted octanol–water partition coefficient (Wildman–Crippen LogP) is 3.46. The summed E-state index contributed by atoms with van der Waals surface area (Å²) in [5.74, 6) is 0.0281. The van der Waals surface area contributed by atoms with E-state index in [1.165, 1.54) is 11.3 Å². The van der Waals surface area contributed by atoms with Crippen molar-refractivity contribution in [3.63, 3.8) is 0 Å². The standard InChI is InChI=1S/C9H11BrINOS/c10-7-3-6-14-8(7)9(13)12-5-2-1-4-11/h3,6H,1-2,4-5H2,(H,12,13). The number of alkyl halides is 1. The molecule has 1 heterocycles. The first kappa shape index (κ1) is 12.4. The number of nitrogens with one attached hydrogen (secondary N) is 1. The Morgan fingerprint density at radius 2 is 2.36 bits per heavy atom. The molecule has 5 heteroatoms. The van der Waals surface area contributed by atoms with E-state index >= 15 is 0 Å². The van der Waals surface area contributed by atoms with Gasteiger partial charge in [0.15, 0.2) is 0 Å². The van der Waals surface area contributed by atoms with Crippen molar-refractivity contribution in [2.45, 2.75) is 12.8 Å². The lowest BCUT2D eigenvalue weighted by Gasteiger charge is -2.02. The minimum Gasteiger partial charge on any atom is -0.351 e. The molecule has 78 valence electrons. The average Bonchev–Trinajstić information content (AvgIpc) is 2.59. The third-order valence-electron chi connectivity index (χ3n) is 1.67. The number of hydrogen-bond donors (Lipinski definition) is 1. The molecule has 2 nitrogen and oxygen atoms in total. The minimum atomic E-state index is 0.0281. The number of thiophene rings is 1. The van der Waals surface area contributed by atoms with Gasteiger partial charge < -0.3 is 5.32 Å². The molecule has 0 spiro atoms. The lowest BCUT2D eigenvalue weighted by Crippen LogP contribution is -2.23. The molecule has 1 rings (SSSR count). The zero-order valence-corrected chi connectivity index (χ0v) is 12.1. The van der Waals surface area contributed by atoms with Crippen molar-refractivity contribution in [3.05, 3.63) is 20.8 Å². The first-order valence-electron chi connectivity index (χ1n) is 4.33. The van der Waals surface area contributed by atoms with Gasteiger partial charge in [0.05, 0.1) is 0 Å². The van der Waals surface area contributed by atoms with Crippen LogP contribution in [0.2, 0.25) is 0 Å². The van der Waals surface area contributed by atoms with Crippen molar-refractivity contribution in [2.75, 3.05) is 11.0 Å². The van der Waals surface area contributed by atoms with Gasteiger partial charge in [-0.1, -0.05) is 22.6 Å². The van der Waals surface area contributed by atoms with Crippen LogP contribution in [0.15, 0.2) is 15.9 Å². The fraction of sp³-hybridized carbons (Fsp3) is 0.444. The Kier molecular flexibility index (Phi) is 6.04. The number of rotatable bonds is 5. The van der Waals surface area contributed by atoms with Crippen molar-refractivity contribution in [3.8, 4) is 0 Å². The Morgan fingerprint density at radius 3 is 2.93 bits per heavy atom. The highest BCUT2D eigenvalue weighted by molar-refractivity contribution is 14.1. The van der Waals surface area contributed by atoms with Gasteiger partial charge >= 0.3 is 0 Å². The number of unbranched alkanes of at least 4 members (excludes halogenated alkanes) is 1. The molecule has 0 saturated carbocycles. The van der Waals surface area contributed by atoms with E-state index in [0.717, 1.165) is 33.2 Å². The number of halogens is 2. The van der Waals surface area contributed by atoms with Gasteiger partial charge in [-0.3, -0.25) is 4.79 Å². The fourth-order valence-electron chi connectivity index (χ4n) is 0.957. The summed E-state index contributed by atoms with van der Waals surface area (Å²) in [5.41, 5.74) is 0. The highest BCUT2D eigenvalue weighted by atomic mass is 127. The summed E-state index contributed by atoms with van der Waals surface area (Å²) < 4.78 is 2.03. The van der Waals surface area contributed by atoms with Crippen molar-refractivity contribution >= 4 is 55.8 Å². The number of carbonyl (C=O) groups is 1. The van der Waals surface area contributed by atoms with Gasteiger partial charge in [0.1, 0.15) is 4.88 Å². The van der Waals surface area contributed by atoms with Crippen LogP contribution in [0.4, 0.5) is 0 Å². The molecule has 0 saturated heterocycles. The summed E-state index contributed by atoms with van der Waals surface area (Å²) in [6.07, 6.45) is 2.21. The first-order chi connectivity index (χ1) is 6.75. The van der Waals surface area contributed by atoms with Crippen LogP contribution >= 0.6 is 49.9 Å². The van der Waals surface area contributed by atoms with Crippen LogP contribution in [0.25, 0.3) is 0 Å². The van der Waals surface area contributed by atoms with E-state index in [2.05, 4.69) is 43.8 Å².